The number of carbonyl (C=O) groups excluding carboxylic acids is 2. The van der Waals surface area contributed by atoms with E-state index in [2.05, 4.69) is 10.6 Å². The quantitative estimate of drug-likeness (QED) is 0.636. The molecule has 3 atom stereocenters. The lowest BCUT2D eigenvalue weighted by molar-refractivity contribution is -0.217. The summed E-state index contributed by atoms with van der Waals surface area (Å²) >= 11 is 0. The fourth-order valence-corrected chi connectivity index (χ4v) is 2.91. The van der Waals surface area contributed by atoms with Gasteiger partial charge in [-0.05, 0) is 48.5 Å². The molecule has 1 saturated heterocycles. The van der Waals surface area contributed by atoms with Crippen LogP contribution in [0.25, 0.3) is 0 Å². The third-order valence-corrected chi connectivity index (χ3v) is 4.51. The van der Waals surface area contributed by atoms with E-state index >= 15 is 0 Å². The first-order valence-corrected chi connectivity index (χ1v) is 9.51. The van der Waals surface area contributed by atoms with E-state index in [1.165, 1.54) is 14.2 Å². The Bertz CT molecular complexity index is 872. The number of ether oxygens (including phenoxy) is 5. The molecule has 10 nitrogen and oxygen atoms in total. The summed E-state index contributed by atoms with van der Waals surface area (Å²) in [6.45, 7) is 0.140. The van der Waals surface area contributed by atoms with Crippen LogP contribution in [0.3, 0.4) is 0 Å². The second-order valence-electron chi connectivity index (χ2n) is 6.57. The van der Waals surface area contributed by atoms with Gasteiger partial charge in [0.1, 0.15) is 17.6 Å². The van der Waals surface area contributed by atoms with Crippen LogP contribution in [-0.2, 0) is 14.2 Å². The number of carbonyl (C=O) groups is 2. The minimum absolute atomic E-state index is 0.140. The molecule has 0 unspecified atom stereocenters. The molecule has 3 N–H and O–H groups in total. The third-order valence-electron chi connectivity index (χ3n) is 4.51. The van der Waals surface area contributed by atoms with Gasteiger partial charge in [-0.3, -0.25) is 10.6 Å². The molecule has 0 spiro atoms. The first-order chi connectivity index (χ1) is 15.0. The average molecular weight is 432 g/mol. The molecule has 0 bridgehead atoms. The number of anilines is 2. The normalized spacial score (nSPS) is 20.3. The van der Waals surface area contributed by atoms with Crippen molar-refractivity contribution < 1.29 is 38.4 Å². The summed E-state index contributed by atoms with van der Waals surface area (Å²) in [5.41, 5.74) is 0.958. The largest absolute Gasteiger partial charge is 0.497 e. The van der Waals surface area contributed by atoms with Crippen molar-refractivity contribution in [3.05, 3.63) is 48.5 Å². The molecule has 0 saturated carbocycles. The zero-order valence-corrected chi connectivity index (χ0v) is 17.1. The number of hydrogen-bond donors (Lipinski definition) is 3. The van der Waals surface area contributed by atoms with Crippen LogP contribution in [0.1, 0.15) is 6.42 Å². The number of rotatable bonds is 6. The summed E-state index contributed by atoms with van der Waals surface area (Å²) in [6, 6.07) is 13.3. The number of methoxy groups -OCH3 is 2. The molecule has 0 aromatic heterocycles. The van der Waals surface area contributed by atoms with Crippen molar-refractivity contribution in [2.75, 3.05) is 31.5 Å². The number of aliphatic hydroxyl groups is 1. The summed E-state index contributed by atoms with van der Waals surface area (Å²) in [4.78, 5) is 24.5. The number of aliphatic hydroxyl groups excluding tert-OH is 1. The van der Waals surface area contributed by atoms with Gasteiger partial charge in [0.05, 0.1) is 20.8 Å². The van der Waals surface area contributed by atoms with Crippen LogP contribution in [0.5, 0.6) is 11.5 Å². The SMILES string of the molecule is COc1ccc(NC(=O)O[C@H]2[C@H](O)OCC[C@H]2OC(=O)Nc2ccc(OC)cc2)cc1. The third kappa shape index (κ3) is 6.24. The van der Waals surface area contributed by atoms with Crippen molar-refractivity contribution in [2.24, 2.45) is 0 Å². The fraction of sp³-hybridized carbons (Fsp3) is 0.333. The molecular formula is C21H24N2O8. The molecule has 10 heteroatoms. The van der Waals surface area contributed by atoms with Gasteiger partial charge in [0.25, 0.3) is 0 Å². The van der Waals surface area contributed by atoms with Crippen molar-refractivity contribution >= 4 is 23.6 Å². The van der Waals surface area contributed by atoms with E-state index in [0.717, 1.165) is 0 Å². The Morgan fingerprint density at radius 2 is 1.35 bits per heavy atom. The summed E-state index contributed by atoms with van der Waals surface area (Å²) < 4.78 is 25.9. The minimum atomic E-state index is -1.44. The Hall–Kier alpha value is -3.50. The first kappa shape index (κ1) is 22.2. The Kier molecular flexibility index (Phi) is 7.52. The van der Waals surface area contributed by atoms with E-state index < -0.39 is 30.7 Å². The predicted molar refractivity (Wildman–Crippen MR) is 110 cm³/mol. The van der Waals surface area contributed by atoms with Gasteiger partial charge in [-0.2, -0.15) is 0 Å². The molecule has 1 heterocycles. The maximum Gasteiger partial charge on any atom is 0.412 e. The highest BCUT2D eigenvalue weighted by atomic mass is 16.7. The second-order valence-corrected chi connectivity index (χ2v) is 6.57. The summed E-state index contributed by atoms with van der Waals surface area (Å²) in [5.74, 6) is 1.27. The van der Waals surface area contributed by atoms with Crippen LogP contribution in [0, 0.1) is 0 Å². The zero-order chi connectivity index (χ0) is 22.2. The molecule has 166 valence electrons. The fourth-order valence-electron chi connectivity index (χ4n) is 2.91. The van der Waals surface area contributed by atoms with Crippen LogP contribution in [0.15, 0.2) is 48.5 Å². The summed E-state index contributed by atoms with van der Waals surface area (Å²) in [6.07, 6.45) is -4.88. The Labute approximate surface area is 179 Å². The van der Waals surface area contributed by atoms with Gasteiger partial charge in [-0.25, -0.2) is 9.59 Å². The van der Waals surface area contributed by atoms with Crippen molar-refractivity contribution in [3.8, 4) is 11.5 Å². The number of nitrogens with one attached hydrogen (secondary N) is 2. The smallest absolute Gasteiger partial charge is 0.412 e. The van der Waals surface area contributed by atoms with Crippen molar-refractivity contribution in [3.63, 3.8) is 0 Å². The van der Waals surface area contributed by atoms with Crippen LogP contribution >= 0.6 is 0 Å². The molecule has 1 fully saturated rings. The molecule has 2 aromatic carbocycles. The molecule has 2 amide bonds. The maximum atomic E-state index is 12.3. The molecular weight excluding hydrogens is 408 g/mol. The molecule has 1 aliphatic rings. The van der Waals surface area contributed by atoms with E-state index in [1.54, 1.807) is 48.5 Å². The highest BCUT2D eigenvalue weighted by molar-refractivity contribution is 5.85. The molecule has 3 rings (SSSR count). The molecule has 2 aromatic rings. The summed E-state index contributed by atoms with van der Waals surface area (Å²) in [5, 5.41) is 15.2. The maximum absolute atomic E-state index is 12.3. The predicted octanol–water partition coefficient (Wildman–Crippen LogP) is 2.98. The highest BCUT2D eigenvalue weighted by Gasteiger charge is 2.39. The Balaban J connectivity index is 1.57. The van der Waals surface area contributed by atoms with Crippen molar-refractivity contribution in [2.45, 2.75) is 24.9 Å². The lowest BCUT2D eigenvalue weighted by Gasteiger charge is -2.34. The van der Waals surface area contributed by atoms with Crippen molar-refractivity contribution in [1.29, 1.82) is 0 Å². The van der Waals surface area contributed by atoms with E-state index in [9.17, 15) is 14.7 Å². The standard InChI is InChI=1S/C21H24N2O8/c1-27-15-7-3-13(4-8-15)22-20(25)30-17-11-12-29-19(24)18(17)31-21(26)23-14-5-9-16(28-2)10-6-14/h3-10,17-19,24H,11-12H2,1-2H3,(H,22,25)(H,23,26)/t17-,18-,19-/m1/s1. The minimum Gasteiger partial charge on any atom is -0.497 e. The Morgan fingerprint density at radius 3 is 1.84 bits per heavy atom. The van der Waals surface area contributed by atoms with Gasteiger partial charge in [0.2, 0.25) is 0 Å². The average Bonchev–Trinajstić information content (AvgIpc) is 2.77. The van der Waals surface area contributed by atoms with Crippen LogP contribution < -0.4 is 20.1 Å². The number of benzene rings is 2. The molecule has 0 aliphatic carbocycles. The van der Waals surface area contributed by atoms with Crippen molar-refractivity contribution in [1.82, 2.24) is 0 Å². The topological polar surface area (TPSA) is 125 Å². The van der Waals surface area contributed by atoms with Gasteiger partial charge in [0, 0.05) is 17.8 Å². The number of hydrogen-bond acceptors (Lipinski definition) is 8. The van der Waals surface area contributed by atoms with E-state index in [-0.39, 0.29) is 13.0 Å². The van der Waals surface area contributed by atoms with E-state index in [4.69, 9.17) is 23.7 Å². The second kappa shape index (κ2) is 10.5. The van der Waals surface area contributed by atoms with Gasteiger partial charge >= 0.3 is 12.2 Å². The Morgan fingerprint density at radius 1 is 0.871 bits per heavy atom. The zero-order valence-electron chi connectivity index (χ0n) is 17.1. The van der Waals surface area contributed by atoms with Gasteiger partial charge in [-0.15, -0.1) is 0 Å². The van der Waals surface area contributed by atoms with Crippen LogP contribution in [-0.4, -0.2) is 56.6 Å². The van der Waals surface area contributed by atoms with Crippen LogP contribution in [0.4, 0.5) is 21.0 Å². The molecule has 31 heavy (non-hydrogen) atoms. The van der Waals surface area contributed by atoms with Crippen LogP contribution in [0.2, 0.25) is 0 Å². The van der Waals surface area contributed by atoms with Gasteiger partial charge in [0.15, 0.2) is 12.4 Å². The lowest BCUT2D eigenvalue weighted by Crippen LogP contribution is -2.50. The molecule has 1 aliphatic heterocycles. The monoisotopic (exact) mass is 432 g/mol. The lowest BCUT2D eigenvalue weighted by atomic mass is 10.1. The van der Waals surface area contributed by atoms with E-state index in [1.807, 2.05) is 0 Å². The summed E-state index contributed by atoms with van der Waals surface area (Å²) in [7, 11) is 3.07. The highest BCUT2D eigenvalue weighted by Crippen LogP contribution is 2.22. The number of amides is 2. The molecule has 0 radical (unpaired) electrons. The van der Waals surface area contributed by atoms with Gasteiger partial charge in [-0.1, -0.05) is 0 Å². The first-order valence-electron chi connectivity index (χ1n) is 9.51. The van der Waals surface area contributed by atoms with E-state index in [0.29, 0.717) is 22.9 Å². The van der Waals surface area contributed by atoms with Gasteiger partial charge < -0.3 is 28.8 Å².